The average Bonchev–Trinajstić information content (AvgIpc) is 3.21. The van der Waals surface area contributed by atoms with Gasteiger partial charge in [-0.3, -0.25) is 9.48 Å². The van der Waals surface area contributed by atoms with E-state index in [-0.39, 0.29) is 23.0 Å². The van der Waals surface area contributed by atoms with Crippen LogP contribution in [0.25, 0.3) is 0 Å². The Labute approximate surface area is 178 Å². The van der Waals surface area contributed by atoms with Gasteiger partial charge in [0.25, 0.3) is 5.91 Å². The number of amides is 1. The van der Waals surface area contributed by atoms with Gasteiger partial charge in [-0.05, 0) is 59.1 Å². The Bertz CT molecular complexity index is 823. The van der Waals surface area contributed by atoms with E-state index in [0.717, 1.165) is 32.2 Å². The van der Waals surface area contributed by atoms with Gasteiger partial charge in [0.15, 0.2) is 5.76 Å². The number of piperidine rings is 1. The molecule has 1 amide bonds. The van der Waals surface area contributed by atoms with Crippen LogP contribution in [0.2, 0.25) is 5.02 Å². The van der Waals surface area contributed by atoms with Crippen molar-refractivity contribution >= 4 is 17.5 Å². The van der Waals surface area contributed by atoms with Crippen LogP contribution >= 0.6 is 11.6 Å². The summed E-state index contributed by atoms with van der Waals surface area (Å²) >= 11 is 5.92. The van der Waals surface area contributed by atoms with Crippen molar-refractivity contribution in [3.8, 4) is 0 Å². The predicted octanol–water partition coefficient (Wildman–Crippen LogP) is 4.73. The van der Waals surface area contributed by atoms with Gasteiger partial charge in [0.2, 0.25) is 0 Å². The van der Waals surface area contributed by atoms with Gasteiger partial charge in [-0.1, -0.05) is 24.9 Å². The van der Waals surface area contributed by atoms with Crippen molar-refractivity contribution in [1.29, 1.82) is 0 Å². The number of unbranched alkanes of at least 4 members (excludes halogenated alkanes) is 1. The first-order valence-electron chi connectivity index (χ1n) is 10.5. The van der Waals surface area contributed by atoms with Crippen LogP contribution in [-0.4, -0.2) is 44.3 Å². The largest absolute Gasteiger partial charge is 0.454 e. The average molecular weight is 421 g/mol. The third-order valence-corrected chi connectivity index (χ3v) is 5.61. The Balaban J connectivity index is 1.78. The van der Waals surface area contributed by atoms with E-state index in [1.54, 1.807) is 23.1 Å². The summed E-state index contributed by atoms with van der Waals surface area (Å²) in [5, 5.41) is 8.45. The highest BCUT2D eigenvalue weighted by molar-refractivity contribution is 6.30. The number of carbonyl (C=O) groups is 1. The summed E-state index contributed by atoms with van der Waals surface area (Å²) in [6, 6.07) is 3.80. The lowest BCUT2D eigenvalue weighted by molar-refractivity contribution is 0.0413. The summed E-state index contributed by atoms with van der Waals surface area (Å²) in [5.74, 6) is 1.06. The van der Waals surface area contributed by atoms with E-state index >= 15 is 0 Å². The molecule has 0 atom stereocenters. The number of nitrogens with zero attached hydrogens (tertiary/aromatic N) is 3. The van der Waals surface area contributed by atoms with E-state index < -0.39 is 0 Å². The highest BCUT2D eigenvalue weighted by Crippen LogP contribution is 2.32. The Morgan fingerprint density at radius 2 is 2.00 bits per heavy atom. The van der Waals surface area contributed by atoms with Gasteiger partial charge in [0.1, 0.15) is 5.76 Å². The van der Waals surface area contributed by atoms with Gasteiger partial charge < -0.3 is 14.6 Å². The maximum absolute atomic E-state index is 13.4. The number of hydrogen-bond acceptors (Lipinski definition) is 4. The zero-order valence-electron chi connectivity index (χ0n) is 18.2. The number of halogens is 1. The second-order valence-electron chi connectivity index (χ2n) is 9.43. The summed E-state index contributed by atoms with van der Waals surface area (Å²) in [7, 11) is 0. The molecule has 2 aromatic rings. The molecular formula is C22H33ClN4O2. The van der Waals surface area contributed by atoms with Crippen LogP contribution in [0.4, 0.5) is 0 Å². The Morgan fingerprint density at radius 1 is 1.31 bits per heavy atom. The quantitative estimate of drug-likeness (QED) is 0.703. The summed E-state index contributed by atoms with van der Waals surface area (Å²) in [5.41, 5.74) is -0.0459. The summed E-state index contributed by atoms with van der Waals surface area (Å²) in [6.07, 6.45) is 7.19. The predicted molar refractivity (Wildman–Crippen MR) is 115 cm³/mol. The zero-order chi connectivity index (χ0) is 21.2. The Hall–Kier alpha value is -1.79. The lowest BCUT2D eigenvalue weighted by atomic mass is 9.79. The molecule has 7 heteroatoms. The van der Waals surface area contributed by atoms with Gasteiger partial charge in [-0.15, -0.1) is 0 Å². The van der Waals surface area contributed by atoms with E-state index in [1.165, 1.54) is 0 Å². The minimum absolute atomic E-state index is 0.0230. The molecule has 2 aromatic heterocycles. The third-order valence-electron chi connectivity index (χ3n) is 5.41. The second kappa shape index (κ2) is 8.52. The minimum Gasteiger partial charge on any atom is -0.454 e. The molecule has 160 valence electrons. The molecule has 0 radical (unpaired) electrons. The minimum atomic E-state index is -0.0262. The van der Waals surface area contributed by atoms with Gasteiger partial charge >= 0.3 is 0 Å². The summed E-state index contributed by atoms with van der Waals surface area (Å²) in [4.78, 5) is 15.4. The molecule has 6 nitrogen and oxygen atoms in total. The van der Waals surface area contributed by atoms with Gasteiger partial charge in [0.05, 0.1) is 17.8 Å². The normalized spacial score (nSPS) is 18.7. The number of aromatic nitrogens is 2. The highest BCUT2D eigenvalue weighted by atomic mass is 35.5. The molecule has 1 N–H and O–H groups in total. The van der Waals surface area contributed by atoms with Crippen LogP contribution in [-0.2, 0) is 6.54 Å². The van der Waals surface area contributed by atoms with Crippen molar-refractivity contribution in [2.45, 2.75) is 84.0 Å². The molecule has 0 aromatic carbocycles. The Morgan fingerprint density at radius 3 is 2.59 bits per heavy atom. The monoisotopic (exact) mass is 420 g/mol. The maximum atomic E-state index is 13.4. The van der Waals surface area contributed by atoms with Crippen molar-refractivity contribution in [3.63, 3.8) is 0 Å². The van der Waals surface area contributed by atoms with E-state index in [2.05, 4.69) is 45.0 Å². The molecule has 1 aliphatic heterocycles. The third kappa shape index (κ3) is 5.64. The van der Waals surface area contributed by atoms with E-state index in [1.807, 2.05) is 11.0 Å². The molecule has 29 heavy (non-hydrogen) atoms. The van der Waals surface area contributed by atoms with Crippen LogP contribution < -0.4 is 5.32 Å². The molecule has 0 aliphatic carbocycles. The fourth-order valence-electron chi connectivity index (χ4n) is 4.57. The van der Waals surface area contributed by atoms with Crippen LogP contribution in [0, 0.1) is 0 Å². The van der Waals surface area contributed by atoms with Gasteiger partial charge in [-0.2, -0.15) is 5.10 Å². The first kappa shape index (κ1) is 21.9. The van der Waals surface area contributed by atoms with Crippen LogP contribution in [0.15, 0.2) is 28.9 Å². The number of rotatable bonds is 7. The summed E-state index contributed by atoms with van der Waals surface area (Å²) in [6.45, 7) is 12.2. The van der Waals surface area contributed by atoms with Crippen LogP contribution in [0.3, 0.4) is 0 Å². The summed E-state index contributed by atoms with van der Waals surface area (Å²) < 4.78 is 7.60. The van der Waals surface area contributed by atoms with Crippen molar-refractivity contribution in [1.82, 2.24) is 20.0 Å². The number of furan rings is 1. The molecular weight excluding hydrogens is 388 g/mol. The van der Waals surface area contributed by atoms with E-state index in [4.69, 9.17) is 16.0 Å². The van der Waals surface area contributed by atoms with E-state index in [0.29, 0.717) is 23.1 Å². The molecule has 0 unspecified atom stereocenters. The van der Waals surface area contributed by atoms with E-state index in [9.17, 15) is 4.79 Å². The topological polar surface area (TPSA) is 63.3 Å². The molecule has 1 fully saturated rings. The van der Waals surface area contributed by atoms with Crippen LogP contribution in [0.1, 0.15) is 76.6 Å². The fraction of sp³-hybridized carbons (Fsp3) is 0.636. The first-order valence-corrected chi connectivity index (χ1v) is 10.8. The lowest BCUT2D eigenvalue weighted by Crippen LogP contribution is -2.62. The molecule has 3 rings (SSSR count). The molecule has 1 saturated heterocycles. The van der Waals surface area contributed by atoms with Gasteiger partial charge in [-0.25, -0.2) is 0 Å². The van der Waals surface area contributed by atoms with Crippen molar-refractivity contribution in [2.24, 2.45) is 0 Å². The SMILES string of the molecule is CCCCN(C(=O)c1ccc(Cn2cc(Cl)cn2)o1)C1CC(C)(C)NC(C)(C)C1. The van der Waals surface area contributed by atoms with Crippen LogP contribution in [0.5, 0.6) is 0 Å². The molecule has 1 aliphatic rings. The standard InChI is InChI=1S/C22H33ClN4O2/c1-6-7-10-27(17-11-21(2,3)25-22(4,5)12-17)20(28)19-9-8-18(29-19)15-26-14-16(23)13-24-26/h8-9,13-14,17,25H,6-7,10-12,15H2,1-5H3. The highest BCUT2D eigenvalue weighted by Gasteiger charge is 2.41. The lowest BCUT2D eigenvalue weighted by Gasteiger charge is -2.49. The Kier molecular flexibility index (Phi) is 6.44. The zero-order valence-corrected chi connectivity index (χ0v) is 18.9. The smallest absolute Gasteiger partial charge is 0.289 e. The second-order valence-corrected chi connectivity index (χ2v) is 9.87. The molecule has 0 bridgehead atoms. The fourth-order valence-corrected chi connectivity index (χ4v) is 4.73. The van der Waals surface area contributed by atoms with Gasteiger partial charge in [0, 0.05) is 29.9 Å². The van der Waals surface area contributed by atoms with Crippen molar-refractivity contribution in [3.05, 3.63) is 41.1 Å². The maximum Gasteiger partial charge on any atom is 0.289 e. The number of carbonyl (C=O) groups excluding carboxylic acids is 1. The van der Waals surface area contributed by atoms with Crippen molar-refractivity contribution < 1.29 is 9.21 Å². The molecule has 0 spiro atoms. The molecule has 0 saturated carbocycles. The first-order chi connectivity index (χ1) is 13.6. The molecule has 3 heterocycles. The number of nitrogens with one attached hydrogen (secondary N) is 1. The number of hydrogen-bond donors (Lipinski definition) is 1. The van der Waals surface area contributed by atoms with Crippen molar-refractivity contribution in [2.75, 3.05) is 6.54 Å².